The maximum atomic E-state index is 12.8. The molecule has 2 unspecified atom stereocenters. The predicted octanol–water partition coefficient (Wildman–Crippen LogP) is 5.08. The van der Waals surface area contributed by atoms with Crippen LogP contribution in [0.15, 0.2) is 36.7 Å². The Bertz CT molecular complexity index is 910. The SMILES string of the molecule is O=C(O)C1CC1c1cccc(-c2cncc(OC[C@H]3CC[C@H](C(F)(F)F)CC3)c2)n1. The Morgan fingerprint density at radius 2 is 1.93 bits per heavy atom. The lowest BCUT2D eigenvalue weighted by molar-refractivity contribution is -0.184. The molecule has 2 saturated carbocycles. The van der Waals surface area contributed by atoms with Crippen molar-refractivity contribution in [3.05, 3.63) is 42.4 Å². The molecule has 4 rings (SSSR count). The molecular formula is C22H23F3N2O3. The van der Waals surface area contributed by atoms with Crippen molar-refractivity contribution in [3.63, 3.8) is 0 Å². The fraction of sp³-hybridized carbons (Fsp3) is 0.500. The van der Waals surface area contributed by atoms with Crippen LogP contribution in [0.25, 0.3) is 11.3 Å². The highest BCUT2D eigenvalue weighted by Crippen LogP contribution is 2.47. The van der Waals surface area contributed by atoms with E-state index in [4.69, 9.17) is 9.84 Å². The molecule has 2 fully saturated rings. The zero-order valence-electron chi connectivity index (χ0n) is 16.3. The lowest BCUT2D eigenvalue weighted by Crippen LogP contribution is -2.29. The molecule has 0 aliphatic heterocycles. The summed E-state index contributed by atoms with van der Waals surface area (Å²) in [6, 6.07) is 7.33. The van der Waals surface area contributed by atoms with E-state index in [1.165, 1.54) is 0 Å². The number of ether oxygens (including phenoxy) is 1. The zero-order chi connectivity index (χ0) is 21.3. The molecule has 8 heteroatoms. The van der Waals surface area contributed by atoms with Gasteiger partial charge in [0.2, 0.25) is 0 Å². The van der Waals surface area contributed by atoms with E-state index in [0.717, 1.165) is 11.3 Å². The first-order valence-corrected chi connectivity index (χ1v) is 10.2. The zero-order valence-corrected chi connectivity index (χ0v) is 16.3. The summed E-state index contributed by atoms with van der Waals surface area (Å²) in [5.41, 5.74) is 2.20. The Hall–Kier alpha value is -2.64. The summed E-state index contributed by atoms with van der Waals surface area (Å²) in [5.74, 6) is -1.75. The Kier molecular flexibility index (Phi) is 5.66. The number of hydrogen-bond donors (Lipinski definition) is 1. The third-order valence-corrected chi connectivity index (χ3v) is 6.06. The van der Waals surface area contributed by atoms with Crippen molar-refractivity contribution < 1.29 is 27.8 Å². The monoisotopic (exact) mass is 420 g/mol. The third-order valence-electron chi connectivity index (χ3n) is 6.06. The van der Waals surface area contributed by atoms with E-state index >= 15 is 0 Å². The lowest BCUT2D eigenvalue weighted by Gasteiger charge is -2.29. The number of halogens is 3. The summed E-state index contributed by atoms with van der Waals surface area (Å²) in [7, 11) is 0. The molecule has 0 spiro atoms. The van der Waals surface area contributed by atoms with Crippen molar-refractivity contribution in [1.29, 1.82) is 0 Å². The minimum absolute atomic E-state index is 0.0540. The van der Waals surface area contributed by atoms with Crippen LogP contribution in [0.5, 0.6) is 5.75 Å². The summed E-state index contributed by atoms with van der Waals surface area (Å²) in [5, 5.41) is 9.12. The van der Waals surface area contributed by atoms with Gasteiger partial charge >= 0.3 is 12.1 Å². The number of rotatable bonds is 6. The lowest BCUT2D eigenvalue weighted by atomic mass is 9.82. The van der Waals surface area contributed by atoms with Crippen LogP contribution in [0.4, 0.5) is 13.2 Å². The van der Waals surface area contributed by atoms with Crippen LogP contribution < -0.4 is 4.74 Å². The third kappa shape index (κ3) is 4.74. The molecule has 2 aromatic rings. The van der Waals surface area contributed by atoms with Gasteiger partial charge in [-0.15, -0.1) is 0 Å². The van der Waals surface area contributed by atoms with Gasteiger partial charge in [0.15, 0.2) is 0 Å². The number of hydrogen-bond acceptors (Lipinski definition) is 4. The first-order valence-electron chi connectivity index (χ1n) is 10.2. The molecule has 2 aromatic heterocycles. The van der Waals surface area contributed by atoms with Crippen molar-refractivity contribution in [1.82, 2.24) is 9.97 Å². The Morgan fingerprint density at radius 1 is 1.17 bits per heavy atom. The second-order valence-corrected chi connectivity index (χ2v) is 8.21. The molecule has 5 nitrogen and oxygen atoms in total. The largest absolute Gasteiger partial charge is 0.492 e. The van der Waals surface area contributed by atoms with Gasteiger partial charge in [-0.3, -0.25) is 14.8 Å². The van der Waals surface area contributed by atoms with Crippen LogP contribution in [0.1, 0.15) is 43.7 Å². The van der Waals surface area contributed by atoms with Crippen LogP contribution in [0.3, 0.4) is 0 Å². The number of nitrogens with zero attached hydrogens (tertiary/aromatic N) is 2. The number of aliphatic carboxylic acids is 1. The number of pyridine rings is 2. The van der Waals surface area contributed by atoms with Gasteiger partial charge < -0.3 is 9.84 Å². The van der Waals surface area contributed by atoms with Gasteiger partial charge in [0.25, 0.3) is 0 Å². The fourth-order valence-corrected chi connectivity index (χ4v) is 4.12. The summed E-state index contributed by atoms with van der Waals surface area (Å²) in [6.07, 6.45) is 1.07. The minimum Gasteiger partial charge on any atom is -0.492 e. The van der Waals surface area contributed by atoms with Gasteiger partial charge in [-0.1, -0.05) is 6.07 Å². The standard InChI is InChI=1S/C22H23F3N2O3/c23-22(24,25)15-6-4-13(5-7-15)12-30-16-8-14(10-26-11-16)19-2-1-3-20(27-19)17-9-18(17)21(28)29/h1-3,8,10-11,13,15,17-18H,4-7,9,12H2,(H,28,29)/t13-,15-,17?,18?. The predicted molar refractivity (Wildman–Crippen MR) is 103 cm³/mol. The van der Waals surface area contributed by atoms with Crippen LogP contribution in [-0.4, -0.2) is 33.8 Å². The second kappa shape index (κ2) is 8.24. The summed E-state index contributed by atoms with van der Waals surface area (Å²) in [6.45, 7) is 0.367. The van der Waals surface area contributed by atoms with Crippen LogP contribution in [0.2, 0.25) is 0 Å². The molecule has 0 bridgehead atoms. The molecule has 0 saturated heterocycles. The highest BCUT2D eigenvalue weighted by atomic mass is 19.4. The molecule has 0 amide bonds. The summed E-state index contributed by atoms with van der Waals surface area (Å²) >= 11 is 0. The molecule has 2 aliphatic rings. The van der Waals surface area contributed by atoms with Gasteiger partial charge in [0, 0.05) is 23.4 Å². The number of aromatic nitrogens is 2. The highest BCUT2D eigenvalue weighted by molar-refractivity contribution is 5.75. The minimum atomic E-state index is -4.10. The highest BCUT2D eigenvalue weighted by Gasteiger charge is 2.45. The van der Waals surface area contributed by atoms with E-state index in [2.05, 4.69) is 9.97 Å². The molecule has 0 radical (unpaired) electrons. The molecule has 160 valence electrons. The van der Waals surface area contributed by atoms with Crippen molar-refractivity contribution in [2.45, 2.75) is 44.2 Å². The van der Waals surface area contributed by atoms with Crippen molar-refractivity contribution >= 4 is 5.97 Å². The smallest absolute Gasteiger partial charge is 0.391 e. The maximum absolute atomic E-state index is 12.8. The van der Waals surface area contributed by atoms with E-state index in [9.17, 15) is 18.0 Å². The first-order chi connectivity index (χ1) is 14.3. The average Bonchev–Trinajstić information content (AvgIpc) is 3.54. The molecular weight excluding hydrogens is 397 g/mol. The van der Waals surface area contributed by atoms with Gasteiger partial charge in [-0.2, -0.15) is 13.2 Å². The quantitative estimate of drug-likeness (QED) is 0.706. The number of alkyl halides is 3. The van der Waals surface area contributed by atoms with Crippen LogP contribution in [-0.2, 0) is 4.79 Å². The van der Waals surface area contributed by atoms with E-state index in [0.29, 0.717) is 37.3 Å². The van der Waals surface area contributed by atoms with Crippen LogP contribution in [0, 0.1) is 17.8 Å². The van der Waals surface area contributed by atoms with Gasteiger partial charge in [-0.25, -0.2) is 0 Å². The number of carbonyl (C=O) groups is 1. The maximum Gasteiger partial charge on any atom is 0.391 e. The molecule has 1 N–H and O–H groups in total. The second-order valence-electron chi connectivity index (χ2n) is 8.21. The summed E-state index contributed by atoms with van der Waals surface area (Å²) < 4.78 is 44.2. The van der Waals surface area contributed by atoms with E-state index < -0.39 is 18.1 Å². The molecule has 0 aromatic carbocycles. The Morgan fingerprint density at radius 3 is 2.60 bits per heavy atom. The summed E-state index contributed by atoms with van der Waals surface area (Å²) in [4.78, 5) is 19.9. The van der Waals surface area contributed by atoms with Crippen molar-refractivity contribution in [2.75, 3.05) is 6.61 Å². The van der Waals surface area contributed by atoms with Crippen molar-refractivity contribution in [2.24, 2.45) is 17.8 Å². The Labute approximate surface area is 172 Å². The fourth-order valence-electron chi connectivity index (χ4n) is 4.12. The van der Waals surface area contributed by atoms with Gasteiger partial charge in [-0.05, 0) is 56.2 Å². The molecule has 2 atom stereocenters. The van der Waals surface area contributed by atoms with Crippen LogP contribution >= 0.6 is 0 Å². The van der Waals surface area contributed by atoms with Crippen molar-refractivity contribution in [3.8, 4) is 17.0 Å². The van der Waals surface area contributed by atoms with E-state index in [1.807, 2.05) is 24.3 Å². The van der Waals surface area contributed by atoms with Gasteiger partial charge in [0.05, 0.1) is 30.3 Å². The topological polar surface area (TPSA) is 72.3 Å². The van der Waals surface area contributed by atoms with E-state index in [-0.39, 0.29) is 30.6 Å². The molecule has 30 heavy (non-hydrogen) atoms. The molecule has 2 heterocycles. The first kappa shape index (κ1) is 20.6. The number of carboxylic acid groups (broad SMARTS) is 1. The van der Waals surface area contributed by atoms with E-state index in [1.54, 1.807) is 12.4 Å². The number of carboxylic acids is 1. The Balaban J connectivity index is 1.36. The normalized spacial score (nSPS) is 26.2. The molecule has 2 aliphatic carbocycles. The average molecular weight is 420 g/mol. The van der Waals surface area contributed by atoms with Gasteiger partial charge in [0.1, 0.15) is 5.75 Å².